The van der Waals surface area contributed by atoms with Crippen LogP contribution < -0.4 is 10.6 Å². The Labute approximate surface area is 165 Å². The minimum atomic E-state index is -0.0263. The van der Waals surface area contributed by atoms with Crippen LogP contribution in [0.2, 0.25) is 0 Å². The van der Waals surface area contributed by atoms with E-state index < -0.39 is 0 Å². The lowest BCUT2D eigenvalue weighted by atomic mass is 10.1. The van der Waals surface area contributed by atoms with Gasteiger partial charge in [-0.15, -0.1) is 23.7 Å². The zero-order valence-corrected chi connectivity index (χ0v) is 16.8. The fourth-order valence-electron chi connectivity index (χ4n) is 2.98. The minimum absolute atomic E-state index is 0. The summed E-state index contributed by atoms with van der Waals surface area (Å²) in [6, 6.07) is 8.62. The van der Waals surface area contributed by atoms with Crippen LogP contribution in [0.25, 0.3) is 11.3 Å². The van der Waals surface area contributed by atoms with E-state index in [2.05, 4.69) is 46.8 Å². The van der Waals surface area contributed by atoms with Crippen molar-refractivity contribution < 1.29 is 9.53 Å². The molecule has 1 aliphatic rings. The summed E-state index contributed by atoms with van der Waals surface area (Å²) >= 11 is 1.52. The van der Waals surface area contributed by atoms with Crippen LogP contribution in [-0.4, -0.2) is 36.7 Å². The molecule has 1 atom stereocenters. The van der Waals surface area contributed by atoms with Crippen molar-refractivity contribution in [2.75, 3.05) is 25.1 Å². The highest BCUT2D eigenvalue weighted by molar-refractivity contribution is 7.16. The summed E-state index contributed by atoms with van der Waals surface area (Å²) in [5, 5.41) is 6.87. The van der Waals surface area contributed by atoms with Gasteiger partial charge in [-0.25, -0.2) is 4.98 Å². The van der Waals surface area contributed by atoms with Crippen LogP contribution in [0.1, 0.15) is 30.2 Å². The molecule has 2 heterocycles. The fraction of sp³-hybridized carbons (Fsp3) is 0.474. The van der Waals surface area contributed by atoms with Gasteiger partial charge >= 0.3 is 0 Å². The van der Waals surface area contributed by atoms with Crippen LogP contribution in [-0.2, 0) is 16.0 Å². The SMILES string of the molecule is CCCc1ccc(-c2nc(NC(=O)CC3COCCN3)sc2C)cc1.Cl. The average molecular weight is 396 g/mol. The van der Waals surface area contributed by atoms with E-state index in [4.69, 9.17) is 4.74 Å². The maximum atomic E-state index is 12.2. The van der Waals surface area contributed by atoms with Gasteiger partial charge in [0, 0.05) is 29.4 Å². The van der Waals surface area contributed by atoms with E-state index in [-0.39, 0.29) is 24.4 Å². The van der Waals surface area contributed by atoms with Crippen molar-refractivity contribution in [1.82, 2.24) is 10.3 Å². The number of nitrogens with zero attached hydrogens (tertiary/aromatic N) is 1. The smallest absolute Gasteiger partial charge is 0.227 e. The van der Waals surface area contributed by atoms with Gasteiger partial charge in [-0.2, -0.15) is 0 Å². The molecule has 1 fully saturated rings. The lowest BCUT2D eigenvalue weighted by Gasteiger charge is -2.22. The van der Waals surface area contributed by atoms with Crippen molar-refractivity contribution in [3.63, 3.8) is 0 Å². The predicted octanol–water partition coefficient (Wildman–Crippen LogP) is 3.81. The first-order valence-electron chi connectivity index (χ1n) is 8.83. The second-order valence-electron chi connectivity index (χ2n) is 6.35. The fourth-order valence-corrected chi connectivity index (χ4v) is 3.83. The zero-order valence-electron chi connectivity index (χ0n) is 15.2. The van der Waals surface area contributed by atoms with Crippen molar-refractivity contribution in [2.24, 2.45) is 0 Å². The monoisotopic (exact) mass is 395 g/mol. The van der Waals surface area contributed by atoms with Crippen LogP contribution in [0.3, 0.4) is 0 Å². The molecule has 26 heavy (non-hydrogen) atoms. The Kier molecular flexibility index (Phi) is 8.03. The Bertz CT molecular complexity index is 712. The number of thiazole rings is 1. The molecule has 5 nitrogen and oxygen atoms in total. The van der Waals surface area contributed by atoms with Gasteiger partial charge in [-0.1, -0.05) is 37.6 Å². The molecule has 2 N–H and O–H groups in total. The van der Waals surface area contributed by atoms with Gasteiger partial charge in [0.05, 0.1) is 18.9 Å². The van der Waals surface area contributed by atoms with Crippen LogP contribution in [0.15, 0.2) is 24.3 Å². The Morgan fingerprint density at radius 1 is 1.38 bits per heavy atom. The molecule has 1 saturated heterocycles. The maximum absolute atomic E-state index is 12.2. The molecule has 1 aromatic heterocycles. The summed E-state index contributed by atoms with van der Waals surface area (Å²) in [6.45, 7) is 6.32. The summed E-state index contributed by atoms with van der Waals surface area (Å²) in [7, 11) is 0. The first-order chi connectivity index (χ1) is 12.2. The highest BCUT2D eigenvalue weighted by Crippen LogP contribution is 2.30. The number of ether oxygens (including phenoxy) is 1. The van der Waals surface area contributed by atoms with Crippen molar-refractivity contribution in [3.05, 3.63) is 34.7 Å². The molecule has 0 radical (unpaired) electrons. The standard InChI is InChI=1S/C19H25N3O2S.ClH/c1-3-4-14-5-7-15(8-6-14)18-13(2)25-19(22-18)21-17(23)11-16-12-24-10-9-20-16;/h5-8,16,20H,3-4,9-12H2,1-2H3,(H,21,22,23);1H. The minimum Gasteiger partial charge on any atom is -0.378 e. The highest BCUT2D eigenvalue weighted by atomic mass is 35.5. The molecule has 1 aliphatic heterocycles. The van der Waals surface area contributed by atoms with E-state index in [1.54, 1.807) is 0 Å². The normalized spacial score (nSPS) is 16.8. The third-order valence-corrected chi connectivity index (χ3v) is 5.13. The Hall–Kier alpha value is -1.47. The average Bonchev–Trinajstić information content (AvgIpc) is 2.97. The Morgan fingerprint density at radius 2 is 2.15 bits per heavy atom. The first-order valence-corrected chi connectivity index (χ1v) is 9.65. The number of carbonyl (C=O) groups excluding carboxylic acids is 1. The second kappa shape index (κ2) is 10.0. The van der Waals surface area contributed by atoms with Crippen molar-refractivity contribution >= 4 is 34.8 Å². The molecule has 7 heteroatoms. The van der Waals surface area contributed by atoms with E-state index in [1.807, 2.05) is 6.92 Å². The summed E-state index contributed by atoms with van der Waals surface area (Å²) in [5.74, 6) is -0.0263. The molecule has 0 spiro atoms. The van der Waals surface area contributed by atoms with Crippen LogP contribution in [0.5, 0.6) is 0 Å². The lowest BCUT2D eigenvalue weighted by Crippen LogP contribution is -2.43. The molecule has 142 valence electrons. The zero-order chi connectivity index (χ0) is 17.6. The summed E-state index contributed by atoms with van der Waals surface area (Å²) < 4.78 is 5.39. The van der Waals surface area contributed by atoms with Crippen molar-refractivity contribution in [2.45, 2.75) is 39.2 Å². The number of halogens is 1. The number of aromatic nitrogens is 1. The third-order valence-electron chi connectivity index (χ3n) is 4.24. The van der Waals surface area contributed by atoms with Gasteiger partial charge in [-0.3, -0.25) is 4.79 Å². The number of hydrogen-bond acceptors (Lipinski definition) is 5. The molecular formula is C19H26ClN3O2S. The van der Waals surface area contributed by atoms with Gasteiger partial charge in [-0.05, 0) is 18.9 Å². The largest absolute Gasteiger partial charge is 0.378 e. The van der Waals surface area contributed by atoms with E-state index in [0.717, 1.165) is 35.5 Å². The van der Waals surface area contributed by atoms with Gasteiger partial charge in [0.2, 0.25) is 5.91 Å². The summed E-state index contributed by atoms with van der Waals surface area (Å²) in [4.78, 5) is 17.9. The van der Waals surface area contributed by atoms with Crippen molar-refractivity contribution in [3.8, 4) is 11.3 Å². The van der Waals surface area contributed by atoms with Gasteiger partial charge in [0.25, 0.3) is 0 Å². The molecule has 2 aromatic rings. The van der Waals surface area contributed by atoms with E-state index >= 15 is 0 Å². The van der Waals surface area contributed by atoms with Gasteiger partial charge in [0.15, 0.2) is 5.13 Å². The second-order valence-corrected chi connectivity index (χ2v) is 7.55. The van der Waals surface area contributed by atoms with E-state index in [9.17, 15) is 4.79 Å². The maximum Gasteiger partial charge on any atom is 0.227 e. The molecule has 3 rings (SSSR count). The number of nitrogens with one attached hydrogen (secondary N) is 2. The summed E-state index contributed by atoms with van der Waals surface area (Å²) in [6.07, 6.45) is 2.64. The van der Waals surface area contributed by atoms with Gasteiger partial charge < -0.3 is 15.4 Å². The number of carbonyl (C=O) groups is 1. The predicted molar refractivity (Wildman–Crippen MR) is 109 cm³/mol. The number of aryl methyl sites for hydroxylation is 2. The highest BCUT2D eigenvalue weighted by Gasteiger charge is 2.18. The van der Waals surface area contributed by atoms with E-state index in [1.165, 1.54) is 16.9 Å². The van der Waals surface area contributed by atoms with Gasteiger partial charge in [0.1, 0.15) is 0 Å². The van der Waals surface area contributed by atoms with Crippen LogP contribution >= 0.6 is 23.7 Å². The van der Waals surface area contributed by atoms with Crippen LogP contribution in [0.4, 0.5) is 5.13 Å². The molecule has 1 aromatic carbocycles. The number of morpholine rings is 1. The summed E-state index contributed by atoms with van der Waals surface area (Å²) in [5.41, 5.74) is 3.38. The quantitative estimate of drug-likeness (QED) is 0.780. The number of rotatable bonds is 6. The number of amides is 1. The number of anilines is 1. The molecule has 1 amide bonds. The van der Waals surface area contributed by atoms with Crippen LogP contribution in [0, 0.1) is 6.92 Å². The molecular weight excluding hydrogens is 370 g/mol. The Balaban J connectivity index is 0.00000243. The van der Waals surface area contributed by atoms with Crippen molar-refractivity contribution in [1.29, 1.82) is 0 Å². The molecule has 0 aliphatic carbocycles. The first kappa shape index (κ1) is 20.8. The number of hydrogen-bond donors (Lipinski definition) is 2. The third kappa shape index (κ3) is 5.51. The molecule has 0 saturated carbocycles. The Morgan fingerprint density at radius 3 is 2.81 bits per heavy atom. The molecule has 1 unspecified atom stereocenters. The number of benzene rings is 1. The topological polar surface area (TPSA) is 63.2 Å². The lowest BCUT2D eigenvalue weighted by molar-refractivity contribution is -0.117. The van der Waals surface area contributed by atoms with E-state index in [0.29, 0.717) is 24.8 Å². The molecule has 0 bridgehead atoms.